The maximum Gasteiger partial charge on any atom is 0.313 e. The Hall–Kier alpha value is -2.40. The standard InChI is InChI=1S/C11H9N5O2S/c12-5-8-2-1-3-9(4-8)6-16-11(13-14-15-16)19-7-10(17)18/h1-4H,6-7H2,(H,17,18). The Bertz CT molecular complexity index is 634. The van der Waals surface area contributed by atoms with Gasteiger partial charge in [0.1, 0.15) is 0 Å². The topological polar surface area (TPSA) is 105 Å². The fourth-order valence-corrected chi connectivity index (χ4v) is 2.03. The van der Waals surface area contributed by atoms with Crippen LogP contribution >= 0.6 is 11.8 Å². The lowest BCUT2D eigenvalue weighted by Crippen LogP contribution is -2.06. The number of carboxylic acid groups (broad SMARTS) is 1. The quantitative estimate of drug-likeness (QED) is 0.803. The number of benzene rings is 1. The molecule has 2 aromatic rings. The van der Waals surface area contributed by atoms with Crippen LogP contribution in [0.2, 0.25) is 0 Å². The predicted molar refractivity (Wildman–Crippen MR) is 66.4 cm³/mol. The van der Waals surface area contributed by atoms with Gasteiger partial charge in [-0.2, -0.15) is 5.26 Å². The first kappa shape index (κ1) is 13.0. The summed E-state index contributed by atoms with van der Waals surface area (Å²) < 4.78 is 1.50. The monoisotopic (exact) mass is 275 g/mol. The van der Waals surface area contributed by atoms with Gasteiger partial charge < -0.3 is 5.11 Å². The van der Waals surface area contributed by atoms with Crippen molar-refractivity contribution in [3.05, 3.63) is 35.4 Å². The van der Waals surface area contributed by atoms with Crippen LogP contribution in [0.25, 0.3) is 0 Å². The van der Waals surface area contributed by atoms with Crippen LogP contribution in [0.4, 0.5) is 0 Å². The highest BCUT2D eigenvalue weighted by Crippen LogP contribution is 2.15. The Morgan fingerprint density at radius 3 is 3.11 bits per heavy atom. The van der Waals surface area contributed by atoms with E-state index in [0.717, 1.165) is 17.3 Å². The molecule has 0 saturated carbocycles. The van der Waals surface area contributed by atoms with E-state index in [0.29, 0.717) is 17.3 Å². The van der Waals surface area contributed by atoms with Crippen molar-refractivity contribution in [1.82, 2.24) is 20.2 Å². The van der Waals surface area contributed by atoms with Gasteiger partial charge in [-0.15, -0.1) is 5.10 Å². The highest BCUT2D eigenvalue weighted by molar-refractivity contribution is 7.99. The molecular weight excluding hydrogens is 266 g/mol. The van der Waals surface area contributed by atoms with Crippen LogP contribution in [-0.2, 0) is 11.3 Å². The lowest BCUT2D eigenvalue weighted by Gasteiger charge is -2.03. The summed E-state index contributed by atoms with van der Waals surface area (Å²) in [4.78, 5) is 10.5. The van der Waals surface area contributed by atoms with E-state index in [1.807, 2.05) is 6.07 Å². The molecule has 96 valence electrons. The van der Waals surface area contributed by atoms with Crippen LogP contribution in [-0.4, -0.2) is 37.0 Å². The fraction of sp³-hybridized carbons (Fsp3) is 0.182. The molecule has 0 aliphatic rings. The van der Waals surface area contributed by atoms with Crippen LogP contribution in [0.15, 0.2) is 29.4 Å². The van der Waals surface area contributed by atoms with Gasteiger partial charge in [-0.3, -0.25) is 4.79 Å². The average Bonchev–Trinajstić information content (AvgIpc) is 2.84. The second-order valence-electron chi connectivity index (χ2n) is 3.61. The molecule has 19 heavy (non-hydrogen) atoms. The highest BCUT2D eigenvalue weighted by Gasteiger charge is 2.09. The van der Waals surface area contributed by atoms with Gasteiger partial charge >= 0.3 is 5.97 Å². The second-order valence-corrected chi connectivity index (χ2v) is 4.56. The zero-order valence-corrected chi connectivity index (χ0v) is 10.5. The Kier molecular flexibility index (Phi) is 4.10. The molecule has 0 atom stereocenters. The molecule has 0 aliphatic carbocycles. The van der Waals surface area contributed by atoms with Gasteiger partial charge in [0.2, 0.25) is 5.16 Å². The summed E-state index contributed by atoms with van der Waals surface area (Å²) in [5.74, 6) is -1.02. The van der Waals surface area contributed by atoms with Gasteiger partial charge in [-0.1, -0.05) is 23.9 Å². The molecule has 0 spiro atoms. The first-order chi connectivity index (χ1) is 9.19. The maximum atomic E-state index is 10.5. The van der Waals surface area contributed by atoms with E-state index in [2.05, 4.69) is 21.6 Å². The molecule has 1 aromatic heterocycles. The minimum Gasteiger partial charge on any atom is -0.481 e. The number of carboxylic acids is 1. The van der Waals surface area contributed by atoms with Crippen molar-refractivity contribution in [2.75, 3.05) is 5.75 Å². The van der Waals surface area contributed by atoms with Crippen molar-refractivity contribution in [3.8, 4) is 6.07 Å². The Labute approximate surface area is 112 Å². The predicted octanol–water partition coefficient (Wildman–Crippen LogP) is 0.770. The van der Waals surface area contributed by atoms with E-state index >= 15 is 0 Å². The lowest BCUT2D eigenvalue weighted by atomic mass is 10.1. The minimum atomic E-state index is -0.925. The number of rotatable bonds is 5. The summed E-state index contributed by atoms with van der Waals surface area (Å²) >= 11 is 1.05. The summed E-state index contributed by atoms with van der Waals surface area (Å²) in [5, 5.41) is 29.0. The Balaban J connectivity index is 2.12. The molecule has 1 N–H and O–H groups in total. The summed E-state index contributed by atoms with van der Waals surface area (Å²) in [5.41, 5.74) is 1.44. The molecule has 2 rings (SSSR count). The summed E-state index contributed by atoms with van der Waals surface area (Å²) in [6, 6.07) is 9.15. The number of tetrazole rings is 1. The zero-order valence-electron chi connectivity index (χ0n) is 9.72. The average molecular weight is 275 g/mol. The van der Waals surface area contributed by atoms with Crippen LogP contribution in [0.5, 0.6) is 0 Å². The first-order valence-corrected chi connectivity index (χ1v) is 6.27. The first-order valence-electron chi connectivity index (χ1n) is 5.29. The molecule has 0 unspecified atom stereocenters. The Morgan fingerprint density at radius 2 is 2.37 bits per heavy atom. The zero-order chi connectivity index (χ0) is 13.7. The molecular formula is C11H9N5O2S. The number of nitriles is 1. The molecule has 1 heterocycles. The van der Waals surface area contributed by atoms with E-state index in [1.165, 1.54) is 4.68 Å². The fourth-order valence-electron chi connectivity index (χ4n) is 1.44. The van der Waals surface area contributed by atoms with Crippen LogP contribution in [0.3, 0.4) is 0 Å². The van der Waals surface area contributed by atoms with Crippen molar-refractivity contribution in [3.63, 3.8) is 0 Å². The molecule has 0 bridgehead atoms. The largest absolute Gasteiger partial charge is 0.481 e. The minimum absolute atomic E-state index is 0.0986. The van der Waals surface area contributed by atoms with Crippen molar-refractivity contribution in [2.24, 2.45) is 0 Å². The van der Waals surface area contributed by atoms with Crippen LogP contribution in [0, 0.1) is 11.3 Å². The van der Waals surface area contributed by atoms with Crippen LogP contribution < -0.4 is 0 Å². The van der Waals surface area contributed by atoms with Gasteiger partial charge in [0, 0.05) is 0 Å². The third kappa shape index (κ3) is 3.53. The molecule has 0 fully saturated rings. The summed E-state index contributed by atoms with van der Waals surface area (Å²) in [7, 11) is 0. The van der Waals surface area contributed by atoms with E-state index in [-0.39, 0.29) is 5.75 Å². The summed E-state index contributed by atoms with van der Waals surface area (Å²) in [6.45, 7) is 0.393. The summed E-state index contributed by atoms with van der Waals surface area (Å²) in [6.07, 6.45) is 0. The number of carbonyl (C=O) groups is 1. The normalized spacial score (nSPS) is 10.1. The van der Waals surface area contributed by atoms with E-state index < -0.39 is 5.97 Å². The van der Waals surface area contributed by atoms with Gasteiger partial charge in [0.25, 0.3) is 0 Å². The SMILES string of the molecule is N#Cc1cccc(Cn2nnnc2SCC(=O)O)c1. The van der Waals surface area contributed by atoms with E-state index in [4.69, 9.17) is 10.4 Å². The number of hydrogen-bond acceptors (Lipinski definition) is 6. The smallest absolute Gasteiger partial charge is 0.313 e. The van der Waals surface area contributed by atoms with Gasteiger partial charge in [0.05, 0.1) is 23.9 Å². The maximum absolute atomic E-state index is 10.5. The molecule has 1 aromatic carbocycles. The van der Waals surface area contributed by atoms with E-state index in [9.17, 15) is 4.79 Å². The molecule has 0 radical (unpaired) electrons. The molecule has 0 saturated heterocycles. The van der Waals surface area contributed by atoms with Gasteiger partial charge in [-0.05, 0) is 28.1 Å². The Morgan fingerprint density at radius 1 is 1.53 bits per heavy atom. The number of nitrogens with zero attached hydrogens (tertiary/aromatic N) is 5. The number of aliphatic carboxylic acids is 1. The molecule has 0 aliphatic heterocycles. The number of thioether (sulfide) groups is 1. The van der Waals surface area contributed by atoms with E-state index in [1.54, 1.807) is 18.2 Å². The number of aromatic nitrogens is 4. The third-order valence-electron chi connectivity index (χ3n) is 2.21. The van der Waals surface area contributed by atoms with Crippen LogP contribution in [0.1, 0.15) is 11.1 Å². The van der Waals surface area contributed by atoms with Gasteiger partial charge in [0.15, 0.2) is 0 Å². The number of hydrogen-bond donors (Lipinski definition) is 1. The second kappa shape index (κ2) is 5.97. The molecule has 7 nitrogen and oxygen atoms in total. The van der Waals surface area contributed by atoms with Crippen molar-refractivity contribution in [1.29, 1.82) is 5.26 Å². The third-order valence-corrected chi connectivity index (χ3v) is 3.15. The lowest BCUT2D eigenvalue weighted by molar-refractivity contribution is -0.133. The van der Waals surface area contributed by atoms with Crippen molar-refractivity contribution < 1.29 is 9.90 Å². The molecule has 8 heteroatoms. The van der Waals surface area contributed by atoms with Crippen molar-refractivity contribution >= 4 is 17.7 Å². The van der Waals surface area contributed by atoms with Crippen molar-refractivity contribution in [2.45, 2.75) is 11.7 Å². The highest BCUT2D eigenvalue weighted by atomic mass is 32.2. The molecule has 0 amide bonds. The van der Waals surface area contributed by atoms with Gasteiger partial charge in [-0.25, -0.2) is 4.68 Å².